The molecule has 0 spiro atoms. The van der Waals surface area contributed by atoms with E-state index in [2.05, 4.69) is 5.32 Å². The third-order valence-corrected chi connectivity index (χ3v) is 3.90. The van der Waals surface area contributed by atoms with Gasteiger partial charge in [0.1, 0.15) is 5.56 Å². The number of hydrogen-bond donors (Lipinski definition) is 1. The quantitative estimate of drug-likeness (QED) is 0.527. The first kappa shape index (κ1) is 15.6. The first-order valence-corrected chi connectivity index (χ1v) is 6.87. The number of nitrogens with one attached hydrogen (secondary N) is 1. The van der Waals surface area contributed by atoms with Gasteiger partial charge in [-0.25, -0.2) is 8.78 Å². The standard InChI is InChI=1S/C13H13ClF2N2O3/c14-8-2-1-7(3-8)6-17-13(19)9-4-10(15)11(16)5-12(9)18(20)21/h4-5,7-8H,1-3,6H2,(H,17,19). The molecule has 5 nitrogen and oxygen atoms in total. The van der Waals surface area contributed by atoms with Crippen molar-refractivity contribution in [2.75, 3.05) is 6.54 Å². The Bertz CT molecular complexity index is 583. The average Bonchev–Trinajstić information content (AvgIpc) is 2.84. The van der Waals surface area contributed by atoms with Gasteiger partial charge in [0.05, 0.1) is 11.0 Å². The van der Waals surface area contributed by atoms with E-state index < -0.39 is 33.7 Å². The molecule has 114 valence electrons. The van der Waals surface area contributed by atoms with Crippen LogP contribution in [0.3, 0.4) is 0 Å². The minimum absolute atomic E-state index is 0.0736. The Kier molecular flexibility index (Phi) is 4.72. The van der Waals surface area contributed by atoms with Gasteiger partial charge in [0.15, 0.2) is 11.6 Å². The highest BCUT2D eigenvalue weighted by atomic mass is 35.5. The Morgan fingerprint density at radius 1 is 1.38 bits per heavy atom. The third-order valence-electron chi connectivity index (χ3n) is 3.51. The first-order chi connectivity index (χ1) is 9.88. The van der Waals surface area contributed by atoms with Crippen molar-refractivity contribution < 1.29 is 18.5 Å². The van der Waals surface area contributed by atoms with Gasteiger partial charge in [-0.05, 0) is 31.2 Å². The van der Waals surface area contributed by atoms with Crippen LogP contribution in [0.2, 0.25) is 0 Å². The zero-order valence-corrected chi connectivity index (χ0v) is 11.7. The molecule has 2 rings (SSSR count). The summed E-state index contributed by atoms with van der Waals surface area (Å²) in [5, 5.41) is 13.4. The molecule has 21 heavy (non-hydrogen) atoms. The summed E-state index contributed by atoms with van der Waals surface area (Å²) in [4.78, 5) is 21.8. The lowest BCUT2D eigenvalue weighted by Gasteiger charge is -2.11. The molecule has 1 aliphatic carbocycles. The van der Waals surface area contributed by atoms with Gasteiger partial charge in [0, 0.05) is 11.9 Å². The van der Waals surface area contributed by atoms with Crippen LogP contribution in [0.5, 0.6) is 0 Å². The van der Waals surface area contributed by atoms with Gasteiger partial charge in [-0.15, -0.1) is 11.6 Å². The van der Waals surface area contributed by atoms with E-state index in [1.165, 1.54) is 0 Å². The highest BCUT2D eigenvalue weighted by molar-refractivity contribution is 6.20. The van der Waals surface area contributed by atoms with Crippen molar-refractivity contribution in [3.63, 3.8) is 0 Å². The second-order valence-electron chi connectivity index (χ2n) is 5.03. The lowest BCUT2D eigenvalue weighted by Crippen LogP contribution is -2.29. The lowest BCUT2D eigenvalue weighted by atomic mass is 10.1. The number of nitro groups is 1. The SMILES string of the molecule is O=C(NCC1CCC(Cl)C1)c1cc(F)c(F)cc1[N+](=O)[O-]. The molecule has 0 aliphatic heterocycles. The van der Waals surface area contributed by atoms with Crippen molar-refractivity contribution >= 4 is 23.2 Å². The number of halogens is 3. The van der Waals surface area contributed by atoms with Crippen molar-refractivity contribution in [2.24, 2.45) is 5.92 Å². The van der Waals surface area contributed by atoms with Crippen LogP contribution >= 0.6 is 11.6 Å². The zero-order valence-electron chi connectivity index (χ0n) is 10.9. The van der Waals surface area contributed by atoms with Crippen LogP contribution in [0.1, 0.15) is 29.6 Å². The second kappa shape index (κ2) is 6.34. The van der Waals surface area contributed by atoms with Gasteiger partial charge in [0.25, 0.3) is 11.6 Å². The summed E-state index contributed by atoms with van der Waals surface area (Å²) < 4.78 is 26.2. The Balaban J connectivity index is 2.11. The normalized spacial score (nSPS) is 21.3. The molecule has 1 saturated carbocycles. The number of amides is 1. The van der Waals surface area contributed by atoms with E-state index >= 15 is 0 Å². The fraction of sp³-hybridized carbons (Fsp3) is 0.462. The molecular formula is C13H13ClF2N2O3. The van der Waals surface area contributed by atoms with Crippen molar-refractivity contribution in [3.05, 3.63) is 39.4 Å². The first-order valence-electron chi connectivity index (χ1n) is 6.44. The van der Waals surface area contributed by atoms with Crippen molar-refractivity contribution in [1.82, 2.24) is 5.32 Å². The molecule has 2 atom stereocenters. The lowest BCUT2D eigenvalue weighted by molar-refractivity contribution is -0.385. The average molecular weight is 319 g/mol. The number of rotatable bonds is 4. The van der Waals surface area contributed by atoms with E-state index in [1.54, 1.807) is 0 Å². The highest BCUT2D eigenvalue weighted by Gasteiger charge is 2.26. The molecular weight excluding hydrogens is 306 g/mol. The molecule has 1 amide bonds. The number of nitro benzene ring substituents is 1. The van der Waals surface area contributed by atoms with Gasteiger partial charge in [0.2, 0.25) is 0 Å². The predicted molar refractivity (Wildman–Crippen MR) is 72.3 cm³/mol. The summed E-state index contributed by atoms with van der Waals surface area (Å²) in [6, 6.07) is 0.955. The van der Waals surface area contributed by atoms with Crippen molar-refractivity contribution in [2.45, 2.75) is 24.6 Å². The van der Waals surface area contributed by atoms with E-state index in [0.29, 0.717) is 18.7 Å². The van der Waals surface area contributed by atoms with Crippen molar-refractivity contribution in [3.8, 4) is 0 Å². The maximum absolute atomic E-state index is 13.2. The van der Waals surface area contributed by atoms with Crippen LogP contribution in [0.25, 0.3) is 0 Å². The van der Waals surface area contributed by atoms with Crippen LogP contribution in [-0.4, -0.2) is 22.8 Å². The van der Waals surface area contributed by atoms with Gasteiger partial charge in [-0.1, -0.05) is 0 Å². The van der Waals surface area contributed by atoms with Crippen LogP contribution < -0.4 is 5.32 Å². The minimum Gasteiger partial charge on any atom is -0.352 e. The highest BCUT2D eigenvalue weighted by Crippen LogP contribution is 2.29. The molecule has 0 aromatic heterocycles. The summed E-state index contributed by atoms with van der Waals surface area (Å²) in [6.45, 7) is 0.304. The molecule has 1 aromatic carbocycles. The monoisotopic (exact) mass is 318 g/mol. The smallest absolute Gasteiger partial charge is 0.285 e. The molecule has 1 N–H and O–H groups in total. The number of carbonyl (C=O) groups excluding carboxylic acids is 1. The van der Waals surface area contributed by atoms with E-state index in [4.69, 9.17) is 11.6 Å². The molecule has 1 aliphatic rings. The topological polar surface area (TPSA) is 72.2 Å². The largest absolute Gasteiger partial charge is 0.352 e. The van der Waals surface area contributed by atoms with Crippen LogP contribution in [0.4, 0.5) is 14.5 Å². The Hall–Kier alpha value is -1.76. The molecule has 2 unspecified atom stereocenters. The Morgan fingerprint density at radius 3 is 2.62 bits per heavy atom. The summed E-state index contributed by atoms with van der Waals surface area (Å²) in [5.41, 5.74) is -1.24. The third kappa shape index (κ3) is 3.66. The molecule has 0 heterocycles. The summed E-state index contributed by atoms with van der Waals surface area (Å²) in [6.07, 6.45) is 2.46. The van der Waals surface area contributed by atoms with Gasteiger partial charge in [-0.3, -0.25) is 14.9 Å². The summed E-state index contributed by atoms with van der Waals surface area (Å²) >= 11 is 5.95. The molecule has 1 fully saturated rings. The molecule has 0 saturated heterocycles. The van der Waals surface area contributed by atoms with Crippen LogP contribution in [0.15, 0.2) is 12.1 Å². The number of nitrogens with zero attached hydrogens (tertiary/aromatic N) is 1. The number of carbonyl (C=O) groups is 1. The maximum Gasteiger partial charge on any atom is 0.285 e. The maximum atomic E-state index is 13.2. The Labute approximate surface area is 124 Å². The number of hydrogen-bond acceptors (Lipinski definition) is 3. The fourth-order valence-corrected chi connectivity index (χ4v) is 2.78. The van der Waals surface area contributed by atoms with Gasteiger partial charge >= 0.3 is 0 Å². The van der Waals surface area contributed by atoms with E-state index in [-0.39, 0.29) is 11.3 Å². The van der Waals surface area contributed by atoms with E-state index in [0.717, 1.165) is 19.3 Å². The van der Waals surface area contributed by atoms with Crippen LogP contribution in [-0.2, 0) is 0 Å². The van der Waals surface area contributed by atoms with E-state index in [9.17, 15) is 23.7 Å². The molecule has 0 bridgehead atoms. The van der Waals surface area contributed by atoms with Crippen molar-refractivity contribution in [1.29, 1.82) is 0 Å². The number of benzene rings is 1. The molecule has 0 radical (unpaired) electrons. The number of alkyl halides is 1. The Morgan fingerprint density at radius 2 is 2.05 bits per heavy atom. The van der Waals surface area contributed by atoms with E-state index in [1.807, 2.05) is 0 Å². The second-order valence-corrected chi connectivity index (χ2v) is 5.64. The summed E-state index contributed by atoms with van der Waals surface area (Å²) in [7, 11) is 0. The summed E-state index contributed by atoms with van der Waals surface area (Å²) in [5.74, 6) is -3.26. The molecule has 1 aromatic rings. The van der Waals surface area contributed by atoms with Gasteiger partial charge < -0.3 is 5.32 Å². The van der Waals surface area contributed by atoms with Crippen LogP contribution in [0, 0.1) is 27.7 Å². The van der Waals surface area contributed by atoms with Gasteiger partial charge in [-0.2, -0.15) is 0 Å². The molecule has 8 heteroatoms. The predicted octanol–water partition coefficient (Wildman–Crippen LogP) is 3.01. The zero-order chi connectivity index (χ0) is 15.6. The fourth-order valence-electron chi connectivity index (χ4n) is 2.40. The minimum atomic E-state index is -1.36.